The number of rotatable bonds is 2. The molecule has 4 heterocycles. The Bertz CT molecular complexity index is 1100. The van der Waals surface area contributed by atoms with Gasteiger partial charge in [-0.15, -0.1) is 0 Å². The van der Waals surface area contributed by atoms with E-state index in [1.807, 2.05) is 24.8 Å². The minimum Gasteiger partial charge on any atom is -0.350 e. The molecule has 29 heavy (non-hydrogen) atoms. The number of fused-ring (bicyclic) bond motifs is 1. The van der Waals surface area contributed by atoms with Crippen LogP contribution in [0.5, 0.6) is 0 Å². The first kappa shape index (κ1) is 19.1. The second kappa shape index (κ2) is 7.00. The van der Waals surface area contributed by atoms with Crippen molar-refractivity contribution in [1.29, 1.82) is 5.26 Å². The second-order valence-corrected chi connectivity index (χ2v) is 7.13. The van der Waals surface area contributed by atoms with Gasteiger partial charge < -0.3 is 10.2 Å². The normalized spacial score (nSPS) is 20.1. The molecule has 0 saturated carbocycles. The van der Waals surface area contributed by atoms with Gasteiger partial charge in [0.15, 0.2) is 5.65 Å². The molecule has 1 N–H and O–H groups in total. The zero-order valence-electron chi connectivity index (χ0n) is 15.8. The summed E-state index contributed by atoms with van der Waals surface area (Å²) in [4.78, 5) is 14.4. The molecule has 150 valence electrons. The molecule has 0 radical (unpaired) electrons. The number of piperazine rings is 1. The molecule has 10 heteroatoms. The maximum absolute atomic E-state index is 13.9. The van der Waals surface area contributed by atoms with Crippen molar-refractivity contribution < 1.29 is 13.2 Å². The number of nitriles is 1. The van der Waals surface area contributed by atoms with Gasteiger partial charge in [-0.3, -0.25) is 4.57 Å². The lowest BCUT2D eigenvalue weighted by atomic mass is 10.1. The summed E-state index contributed by atoms with van der Waals surface area (Å²) in [6.45, 7) is 5.08. The zero-order chi connectivity index (χ0) is 20.8. The third-order valence-corrected chi connectivity index (χ3v) is 5.03. The Morgan fingerprint density at radius 1 is 1.24 bits per heavy atom. The van der Waals surface area contributed by atoms with Crippen LogP contribution in [-0.4, -0.2) is 44.7 Å². The van der Waals surface area contributed by atoms with Crippen LogP contribution < -0.4 is 10.2 Å². The van der Waals surface area contributed by atoms with Crippen LogP contribution in [0.1, 0.15) is 25.0 Å². The van der Waals surface area contributed by atoms with E-state index in [0.29, 0.717) is 18.7 Å². The van der Waals surface area contributed by atoms with Crippen molar-refractivity contribution in [3.63, 3.8) is 0 Å². The van der Waals surface area contributed by atoms with E-state index in [4.69, 9.17) is 5.26 Å². The Hall–Kier alpha value is -3.19. The predicted molar refractivity (Wildman–Crippen MR) is 101 cm³/mol. The Kier molecular flexibility index (Phi) is 4.62. The minimum atomic E-state index is -4.60. The van der Waals surface area contributed by atoms with Crippen molar-refractivity contribution in [1.82, 2.24) is 24.8 Å². The number of alkyl halides is 3. The number of nitrogens with zero attached hydrogens (tertiary/aromatic N) is 6. The van der Waals surface area contributed by atoms with E-state index in [-0.39, 0.29) is 34.8 Å². The molecule has 3 aromatic heterocycles. The summed E-state index contributed by atoms with van der Waals surface area (Å²) in [6, 6.07) is 4.97. The Morgan fingerprint density at radius 3 is 2.76 bits per heavy atom. The summed E-state index contributed by atoms with van der Waals surface area (Å²) in [7, 11) is 0. The van der Waals surface area contributed by atoms with Crippen molar-refractivity contribution in [2.75, 3.05) is 18.0 Å². The molecular weight excluding hydrogens is 383 g/mol. The van der Waals surface area contributed by atoms with Crippen LogP contribution in [-0.2, 0) is 6.18 Å². The number of aromatic nitrogens is 4. The van der Waals surface area contributed by atoms with Crippen molar-refractivity contribution in [2.45, 2.75) is 32.1 Å². The van der Waals surface area contributed by atoms with Crippen LogP contribution >= 0.6 is 0 Å². The predicted octanol–water partition coefficient (Wildman–Crippen LogP) is 2.89. The van der Waals surface area contributed by atoms with Crippen LogP contribution in [0.4, 0.5) is 19.0 Å². The van der Waals surface area contributed by atoms with Gasteiger partial charge in [0.2, 0.25) is 0 Å². The second-order valence-electron chi connectivity index (χ2n) is 7.13. The molecule has 3 aromatic rings. The molecule has 1 aliphatic rings. The van der Waals surface area contributed by atoms with Crippen LogP contribution in [0, 0.1) is 11.3 Å². The summed E-state index contributed by atoms with van der Waals surface area (Å²) < 4.78 is 43.1. The first-order valence-corrected chi connectivity index (χ1v) is 9.09. The SMILES string of the molecule is C[C@@H]1CN(c2ncnc3c2c(C(F)(F)F)cn3-c2cc(C#N)ccn2)[C@H](C)CN1. The average Bonchev–Trinajstić information content (AvgIpc) is 3.10. The van der Waals surface area contributed by atoms with Crippen molar-refractivity contribution in [3.05, 3.63) is 42.0 Å². The molecule has 0 spiro atoms. The van der Waals surface area contributed by atoms with Crippen molar-refractivity contribution >= 4 is 16.9 Å². The number of nitrogens with one attached hydrogen (secondary N) is 1. The molecule has 0 aromatic carbocycles. The molecule has 1 saturated heterocycles. The van der Waals surface area contributed by atoms with Gasteiger partial charge in [0, 0.05) is 37.6 Å². The summed E-state index contributed by atoms with van der Waals surface area (Å²) in [6.07, 6.45) is -0.974. The quantitative estimate of drug-likeness (QED) is 0.711. The molecule has 4 rings (SSSR count). The van der Waals surface area contributed by atoms with Gasteiger partial charge in [0.25, 0.3) is 0 Å². The monoisotopic (exact) mass is 401 g/mol. The first-order valence-electron chi connectivity index (χ1n) is 9.09. The Labute approximate surface area is 164 Å². The highest BCUT2D eigenvalue weighted by Crippen LogP contribution is 2.40. The summed E-state index contributed by atoms with van der Waals surface area (Å²) in [5.74, 6) is 0.439. The lowest BCUT2D eigenvalue weighted by molar-refractivity contribution is -0.136. The van der Waals surface area contributed by atoms with E-state index in [2.05, 4.69) is 20.3 Å². The van der Waals surface area contributed by atoms with Gasteiger partial charge in [0.1, 0.15) is 18.0 Å². The van der Waals surface area contributed by atoms with E-state index < -0.39 is 11.7 Å². The van der Waals surface area contributed by atoms with Crippen LogP contribution in [0.2, 0.25) is 0 Å². The molecule has 0 aliphatic carbocycles. The lowest BCUT2D eigenvalue weighted by Gasteiger charge is -2.38. The van der Waals surface area contributed by atoms with Crippen LogP contribution in [0.15, 0.2) is 30.9 Å². The van der Waals surface area contributed by atoms with Gasteiger partial charge in [0.05, 0.1) is 22.6 Å². The molecule has 0 unspecified atom stereocenters. The summed E-state index contributed by atoms with van der Waals surface area (Å²) in [5, 5.41) is 12.4. The third kappa shape index (κ3) is 3.38. The van der Waals surface area contributed by atoms with Crippen LogP contribution in [0.3, 0.4) is 0 Å². The highest BCUT2D eigenvalue weighted by atomic mass is 19.4. The maximum atomic E-state index is 13.9. The molecule has 1 aliphatic heterocycles. The first-order chi connectivity index (χ1) is 13.8. The summed E-state index contributed by atoms with van der Waals surface area (Å²) in [5.41, 5.74) is -0.432. The standard InChI is InChI=1S/C19H18F3N7/c1-11-8-28(12(2)7-25-11)17-16-14(19(20,21)22)9-29(18(16)27-10-26-17)15-5-13(6-23)3-4-24-15/h3-5,9-12,25H,7-8H2,1-2H3/t11-,12-/m1/s1. The van der Waals surface area contributed by atoms with Gasteiger partial charge in [-0.2, -0.15) is 18.4 Å². The zero-order valence-corrected chi connectivity index (χ0v) is 15.8. The average molecular weight is 401 g/mol. The number of halogens is 3. The molecule has 2 atom stereocenters. The van der Waals surface area contributed by atoms with Gasteiger partial charge in [-0.25, -0.2) is 15.0 Å². The maximum Gasteiger partial charge on any atom is 0.418 e. The molecule has 0 amide bonds. The van der Waals surface area contributed by atoms with Gasteiger partial charge in [-0.1, -0.05) is 0 Å². The largest absolute Gasteiger partial charge is 0.418 e. The molecule has 7 nitrogen and oxygen atoms in total. The lowest BCUT2D eigenvalue weighted by Crippen LogP contribution is -2.54. The highest BCUT2D eigenvalue weighted by Gasteiger charge is 2.38. The van der Waals surface area contributed by atoms with Gasteiger partial charge >= 0.3 is 6.18 Å². The highest BCUT2D eigenvalue weighted by molar-refractivity contribution is 5.93. The number of pyridine rings is 1. The fourth-order valence-electron chi connectivity index (χ4n) is 3.59. The number of hydrogen-bond donors (Lipinski definition) is 1. The summed E-state index contributed by atoms with van der Waals surface area (Å²) >= 11 is 0. The molecule has 0 bridgehead atoms. The van der Waals surface area contributed by atoms with E-state index in [0.717, 1.165) is 6.20 Å². The Morgan fingerprint density at radius 2 is 2.03 bits per heavy atom. The smallest absolute Gasteiger partial charge is 0.350 e. The molecular formula is C19H18F3N7. The van der Waals surface area contributed by atoms with Crippen LogP contribution in [0.25, 0.3) is 16.9 Å². The van der Waals surface area contributed by atoms with E-state index in [9.17, 15) is 13.2 Å². The number of hydrogen-bond acceptors (Lipinski definition) is 6. The Balaban J connectivity index is 1.98. The fourth-order valence-corrected chi connectivity index (χ4v) is 3.59. The van der Waals surface area contributed by atoms with E-state index >= 15 is 0 Å². The van der Waals surface area contributed by atoms with E-state index in [1.54, 1.807) is 0 Å². The number of anilines is 1. The van der Waals surface area contributed by atoms with Crippen molar-refractivity contribution in [3.8, 4) is 11.9 Å². The third-order valence-electron chi connectivity index (χ3n) is 5.03. The molecule has 1 fully saturated rings. The van der Waals surface area contributed by atoms with E-state index in [1.165, 1.54) is 29.2 Å². The topological polar surface area (TPSA) is 82.7 Å². The fraction of sp³-hybridized carbons (Fsp3) is 0.368. The minimum absolute atomic E-state index is 0.0335. The van der Waals surface area contributed by atoms with Crippen molar-refractivity contribution in [2.24, 2.45) is 0 Å². The van der Waals surface area contributed by atoms with Gasteiger partial charge in [-0.05, 0) is 26.0 Å².